The Bertz CT molecular complexity index is 590. The Labute approximate surface area is 116 Å². The zero-order chi connectivity index (χ0) is 13.8. The van der Waals surface area contributed by atoms with E-state index < -0.39 is 12.4 Å². The fourth-order valence-electron chi connectivity index (χ4n) is 1.56. The molecule has 1 heterocycles. The van der Waals surface area contributed by atoms with E-state index in [2.05, 4.69) is 25.7 Å². The summed E-state index contributed by atoms with van der Waals surface area (Å²) in [7, 11) is 0. The molecule has 2 aromatic rings. The van der Waals surface area contributed by atoms with Gasteiger partial charge < -0.3 is 4.74 Å². The SMILES string of the molecule is O=C(c1ccncc1)c1cccc(Br)c1OC(F)F. The number of hydrogen-bond donors (Lipinski definition) is 0. The van der Waals surface area contributed by atoms with E-state index in [1.165, 1.54) is 36.7 Å². The molecular weight excluding hydrogens is 320 g/mol. The van der Waals surface area contributed by atoms with Gasteiger partial charge in [0, 0.05) is 18.0 Å². The molecule has 1 aromatic carbocycles. The number of alkyl halides is 2. The monoisotopic (exact) mass is 327 g/mol. The lowest BCUT2D eigenvalue weighted by Gasteiger charge is -2.11. The van der Waals surface area contributed by atoms with Crippen molar-refractivity contribution in [1.29, 1.82) is 0 Å². The minimum absolute atomic E-state index is 0.0703. The van der Waals surface area contributed by atoms with Crippen LogP contribution in [-0.2, 0) is 0 Å². The number of aromatic nitrogens is 1. The van der Waals surface area contributed by atoms with Gasteiger partial charge >= 0.3 is 6.61 Å². The van der Waals surface area contributed by atoms with Crippen molar-refractivity contribution >= 4 is 21.7 Å². The van der Waals surface area contributed by atoms with Crippen molar-refractivity contribution in [3.8, 4) is 5.75 Å². The van der Waals surface area contributed by atoms with E-state index in [1.807, 2.05) is 0 Å². The van der Waals surface area contributed by atoms with Gasteiger partial charge in [-0.3, -0.25) is 9.78 Å². The highest BCUT2D eigenvalue weighted by Gasteiger charge is 2.19. The Balaban J connectivity index is 2.45. The van der Waals surface area contributed by atoms with Gasteiger partial charge in [-0.15, -0.1) is 0 Å². The largest absolute Gasteiger partial charge is 0.433 e. The zero-order valence-electron chi connectivity index (χ0n) is 9.52. The van der Waals surface area contributed by atoms with Crippen LogP contribution in [0.1, 0.15) is 15.9 Å². The summed E-state index contributed by atoms with van der Waals surface area (Å²) in [6, 6.07) is 7.56. The van der Waals surface area contributed by atoms with Crippen molar-refractivity contribution in [1.82, 2.24) is 4.98 Å². The third-order valence-electron chi connectivity index (χ3n) is 2.36. The van der Waals surface area contributed by atoms with Gasteiger partial charge in [0.2, 0.25) is 0 Å². The van der Waals surface area contributed by atoms with Crippen LogP contribution in [0, 0.1) is 0 Å². The number of halogens is 3. The van der Waals surface area contributed by atoms with Crippen molar-refractivity contribution in [2.24, 2.45) is 0 Å². The van der Waals surface area contributed by atoms with Crippen LogP contribution in [-0.4, -0.2) is 17.4 Å². The molecule has 19 heavy (non-hydrogen) atoms. The third kappa shape index (κ3) is 3.14. The second-order valence-corrected chi connectivity index (χ2v) is 4.41. The Kier molecular flexibility index (Phi) is 4.21. The third-order valence-corrected chi connectivity index (χ3v) is 2.99. The van der Waals surface area contributed by atoms with Gasteiger partial charge in [-0.1, -0.05) is 6.07 Å². The molecule has 0 spiro atoms. The van der Waals surface area contributed by atoms with Gasteiger partial charge in [-0.2, -0.15) is 8.78 Å². The van der Waals surface area contributed by atoms with Crippen molar-refractivity contribution < 1.29 is 18.3 Å². The molecule has 6 heteroatoms. The minimum atomic E-state index is -3.00. The van der Waals surface area contributed by atoms with E-state index in [0.717, 1.165) is 0 Å². The van der Waals surface area contributed by atoms with Crippen molar-refractivity contribution in [3.63, 3.8) is 0 Å². The Morgan fingerprint density at radius 2 is 1.89 bits per heavy atom. The molecule has 0 radical (unpaired) electrons. The topological polar surface area (TPSA) is 39.2 Å². The molecule has 0 N–H and O–H groups in total. The average molecular weight is 328 g/mol. The summed E-state index contributed by atoms with van der Waals surface area (Å²) in [6.07, 6.45) is 2.91. The summed E-state index contributed by atoms with van der Waals surface area (Å²) in [5.41, 5.74) is 0.424. The maximum Gasteiger partial charge on any atom is 0.387 e. The molecule has 98 valence electrons. The normalized spacial score (nSPS) is 10.5. The van der Waals surface area contributed by atoms with Crippen LogP contribution < -0.4 is 4.74 Å². The van der Waals surface area contributed by atoms with Gasteiger partial charge in [0.05, 0.1) is 10.0 Å². The van der Waals surface area contributed by atoms with Crippen molar-refractivity contribution in [2.75, 3.05) is 0 Å². The summed E-state index contributed by atoms with van der Waals surface area (Å²) in [5, 5.41) is 0. The smallest absolute Gasteiger partial charge is 0.387 e. The lowest BCUT2D eigenvalue weighted by atomic mass is 10.0. The number of carbonyl (C=O) groups excluding carboxylic acids is 1. The van der Waals surface area contributed by atoms with Crippen molar-refractivity contribution in [2.45, 2.75) is 6.61 Å². The number of para-hydroxylation sites is 1. The molecule has 0 unspecified atom stereocenters. The fourth-order valence-corrected chi connectivity index (χ4v) is 2.01. The van der Waals surface area contributed by atoms with Crippen LogP contribution in [0.2, 0.25) is 0 Å². The predicted octanol–water partition coefficient (Wildman–Crippen LogP) is 3.68. The number of ketones is 1. The van der Waals surface area contributed by atoms with Crippen LogP contribution in [0.4, 0.5) is 8.78 Å². The van der Waals surface area contributed by atoms with Crippen LogP contribution >= 0.6 is 15.9 Å². The van der Waals surface area contributed by atoms with E-state index >= 15 is 0 Å². The van der Waals surface area contributed by atoms with Crippen LogP contribution in [0.15, 0.2) is 47.2 Å². The molecule has 0 atom stereocenters. The minimum Gasteiger partial charge on any atom is -0.433 e. The van der Waals surface area contributed by atoms with Gasteiger partial charge in [0.25, 0.3) is 0 Å². The second-order valence-electron chi connectivity index (χ2n) is 3.56. The van der Waals surface area contributed by atoms with Gasteiger partial charge in [-0.05, 0) is 40.2 Å². The zero-order valence-corrected chi connectivity index (χ0v) is 11.1. The Morgan fingerprint density at radius 1 is 1.21 bits per heavy atom. The van der Waals surface area contributed by atoms with Crippen molar-refractivity contribution in [3.05, 3.63) is 58.3 Å². The first-order valence-electron chi connectivity index (χ1n) is 5.27. The summed E-state index contributed by atoms with van der Waals surface area (Å²) in [6.45, 7) is -3.00. The van der Waals surface area contributed by atoms with E-state index in [4.69, 9.17) is 0 Å². The van der Waals surface area contributed by atoms with E-state index in [1.54, 1.807) is 6.07 Å². The maximum absolute atomic E-state index is 12.4. The molecule has 0 saturated carbocycles. The van der Waals surface area contributed by atoms with Crippen LogP contribution in [0.5, 0.6) is 5.75 Å². The number of hydrogen-bond acceptors (Lipinski definition) is 3. The quantitative estimate of drug-likeness (QED) is 0.804. The van der Waals surface area contributed by atoms with E-state index in [9.17, 15) is 13.6 Å². The lowest BCUT2D eigenvalue weighted by Crippen LogP contribution is -2.09. The molecule has 0 amide bonds. The second kappa shape index (κ2) is 5.88. The first-order valence-corrected chi connectivity index (χ1v) is 6.07. The number of ether oxygens (including phenoxy) is 1. The highest BCUT2D eigenvalue weighted by atomic mass is 79.9. The van der Waals surface area contributed by atoms with E-state index in [-0.39, 0.29) is 11.3 Å². The molecule has 0 bridgehead atoms. The summed E-state index contributed by atoms with van der Waals surface area (Å²) in [5.74, 6) is -0.571. The molecule has 0 aliphatic carbocycles. The first-order chi connectivity index (χ1) is 9.09. The Morgan fingerprint density at radius 3 is 2.53 bits per heavy atom. The highest BCUT2D eigenvalue weighted by Crippen LogP contribution is 2.31. The highest BCUT2D eigenvalue weighted by molar-refractivity contribution is 9.10. The van der Waals surface area contributed by atoms with Gasteiger partial charge in [0.1, 0.15) is 0 Å². The number of benzene rings is 1. The molecule has 3 nitrogen and oxygen atoms in total. The molecule has 2 rings (SSSR count). The molecule has 0 fully saturated rings. The number of nitrogens with zero attached hydrogens (tertiary/aromatic N) is 1. The maximum atomic E-state index is 12.4. The molecular formula is C13H8BrF2NO2. The summed E-state index contributed by atoms with van der Waals surface area (Å²) >= 11 is 3.09. The standard InChI is InChI=1S/C13H8BrF2NO2/c14-10-3-1-2-9(12(10)19-13(15)16)11(18)8-4-6-17-7-5-8/h1-7,13H. The number of carbonyl (C=O) groups is 1. The first kappa shape index (κ1) is 13.6. The van der Waals surface area contributed by atoms with E-state index in [0.29, 0.717) is 10.0 Å². The molecule has 0 aliphatic heterocycles. The molecule has 0 saturated heterocycles. The average Bonchev–Trinajstić information content (AvgIpc) is 2.41. The van der Waals surface area contributed by atoms with Crippen LogP contribution in [0.3, 0.4) is 0 Å². The summed E-state index contributed by atoms with van der Waals surface area (Å²) in [4.78, 5) is 16.0. The number of rotatable bonds is 4. The van der Waals surface area contributed by atoms with Gasteiger partial charge in [0.15, 0.2) is 11.5 Å². The van der Waals surface area contributed by atoms with Gasteiger partial charge in [-0.25, -0.2) is 0 Å². The lowest BCUT2D eigenvalue weighted by molar-refractivity contribution is -0.0506. The molecule has 0 aliphatic rings. The predicted molar refractivity (Wildman–Crippen MR) is 68.4 cm³/mol. The summed E-state index contributed by atoms with van der Waals surface area (Å²) < 4.78 is 29.5. The Hall–Kier alpha value is -1.82. The molecule has 1 aromatic heterocycles. The number of pyridine rings is 1. The fraction of sp³-hybridized carbons (Fsp3) is 0.0769. The van der Waals surface area contributed by atoms with Crippen LogP contribution in [0.25, 0.3) is 0 Å².